The van der Waals surface area contributed by atoms with Gasteiger partial charge in [-0.15, -0.1) is 0 Å². The van der Waals surface area contributed by atoms with Gasteiger partial charge in [-0.05, 0) is 56.3 Å². The fourth-order valence-electron chi connectivity index (χ4n) is 5.04. The molecule has 0 aromatic carbocycles. The second-order valence-electron chi connectivity index (χ2n) is 6.80. The fourth-order valence-corrected chi connectivity index (χ4v) is 5.04. The molecule has 1 aromatic rings. The average Bonchev–Trinajstić information content (AvgIpc) is 2.36. The Balaban J connectivity index is 1.48. The topological polar surface area (TPSA) is 37.8 Å². The molecule has 1 aromatic heterocycles. The van der Waals surface area contributed by atoms with Crippen LogP contribution >= 0.6 is 0 Å². The van der Waals surface area contributed by atoms with Crippen molar-refractivity contribution in [2.45, 2.75) is 50.6 Å². The van der Waals surface area contributed by atoms with Crippen LogP contribution in [0.4, 0.5) is 0 Å². The van der Waals surface area contributed by atoms with Crippen molar-refractivity contribution in [2.75, 3.05) is 0 Å². The van der Waals surface area contributed by atoms with E-state index < -0.39 is 0 Å². The van der Waals surface area contributed by atoms with Gasteiger partial charge in [-0.25, -0.2) is 9.97 Å². The quantitative estimate of drug-likeness (QED) is 0.886. The predicted molar refractivity (Wildman–Crippen MR) is 69.8 cm³/mol. The van der Waals surface area contributed by atoms with Crippen LogP contribution in [0.3, 0.4) is 0 Å². The lowest BCUT2D eigenvalue weighted by molar-refractivity contribution is -0.0206. The zero-order valence-corrected chi connectivity index (χ0v) is 10.8. The molecule has 0 spiro atoms. The molecule has 1 N–H and O–H groups in total. The van der Waals surface area contributed by atoms with Gasteiger partial charge in [0.1, 0.15) is 6.33 Å². The summed E-state index contributed by atoms with van der Waals surface area (Å²) in [5, 5.41) is 3.86. The Labute approximate surface area is 108 Å². The molecule has 18 heavy (non-hydrogen) atoms. The van der Waals surface area contributed by atoms with Crippen LogP contribution in [0.25, 0.3) is 0 Å². The third-order valence-electron chi connectivity index (χ3n) is 5.32. The third kappa shape index (κ3) is 1.85. The third-order valence-corrected chi connectivity index (χ3v) is 5.32. The lowest BCUT2D eigenvalue weighted by atomic mass is 9.53. The Bertz CT molecular complexity index is 393. The molecule has 4 bridgehead atoms. The summed E-state index contributed by atoms with van der Waals surface area (Å²) in [6.07, 6.45) is 14.2. The molecule has 4 saturated carbocycles. The van der Waals surface area contributed by atoms with Crippen LogP contribution in [0, 0.1) is 17.8 Å². The molecule has 4 fully saturated rings. The molecule has 3 heteroatoms. The molecule has 1 heterocycles. The van der Waals surface area contributed by atoms with Crippen molar-refractivity contribution in [3.8, 4) is 0 Å². The van der Waals surface area contributed by atoms with E-state index in [1.54, 1.807) is 6.33 Å². The van der Waals surface area contributed by atoms with Crippen LogP contribution in [0.2, 0.25) is 0 Å². The second kappa shape index (κ2) is 4.02. The minimum absolute atomic E-state index is 0.449. The average molecular weight is 243 g/mol. The van der Waals surface area contributed by atoms with E-state index in [0.717, 1.165) is 24.3 Å². The van der Waals surface area contributed by atoms with Crippen LogP contribution in [-0.2, 0) is 6.54 Å². The van der Waals surface area contributed by atoms with Crippen LogP contribution in [0.1, 0.15) is 44.1 Å². The highest BCUT2D eigenvalue weighted by molar-refractivity contribution is 5.09. The lowest BCUT2D eigenvalue weighted by Gasteiger charge is -2.57. The van der Waals surface area contributed by atoms with Crippen LogP contribution in [0.15, 0.2) is 18.7 Å². The zero-order valence-electron chi connectivity index (χ0n) is 10.8. The van der Waals surface area contributed by atoms with Crippen molar-refractivity contribution in [3.63, 3.8) is 0 Å². The molecule has 96 valence electrons. The summed E-state index contributed by atoms with van der Waals surface area (Å²) >= 11 is 0. The van der Waals surface area contributed by atoms with E-state index in [0.29, 0.717) is 5.54 Å². The SMILES string of the molecule is c1ncc(CNC23CC4CC(CC(C4)C2)C3)cn1. The summed E-state index contributed by atoms with van der Waals surface area (Å²) in [7, 11) is 0. The number of rotatable bonds is 3. The Morgan fingerprint density at radius 2 is 1.56 bits per heavy atom. The van der Waals surface area contributed by atoms with Gasteiger partial charge in [0.25, 0.3) is 0 Å². The first-order valence-electron chi connectivity index (χ1n) is 7.30. The van der Waals surface area contributed by atoms with Crippen molar-refractivity contribution in [1.29, 1.82) is 0 Å². The summed E-state index contributed by atoms with van der Waals surface area (Å²) in [5.74, 6) is 3.03. The molecule has 0 radical (unpaired) electrons. The maximum Gasteiger partial charge on any atom is 0.115 e. The molecular formula is C15H21N3. The first-order valence-corrected chi connectivity index (χ1v) is 7.30. The van der Waals surface area contributed by atoms with E-state index in [9.17, 15) is 0 Å². The van der Waals surface area contributed by atoms with Crippen LogP contribution in [0.5, 0.6) is 0 Å². The van der Waals surface area contributed by atoms with E-state index in [2.05, 4.69) is 15.3 Å². The number of aromatic nitrogens is 2. The monoisotopic (exact) mass is 243 g/mol. The van der Waals surface area contributed by atoms with Gasteiger partial charge < -0.3 is 5.32 Å². The largest absolute Gasteiger partial charge is 0.307 e. The van der Waals surface area contributed by atoms with Crippen molar-refractivity contribution in [2.24, 2.45) is 17.8 Å². The van der Waals surface area contributed by atoms with Gasteiger partial charge in [-0.1, -0.05) is 0 Å². The Morgan fingerprint density at radius 3 is 2.11 bits per heavy atom. The lowest BCUT2D eigenvalue weighted by Crippen LogP contribution is -2.58. The maximum atomic E-state index is 4.10. The maximum absolute atomic E-state index is 4.10. The first-order chi connectivity index (χ1) is 8.81. The molecule has 0 aliphatic heterocycles. The molecule has 5 rings (SSSR count). The first kappa shape index (κ1) is 10.9. The Morgan fingerprint density at radius 1 is 1.00 bits per heavy atom. The molecule has 0 atom stereocenters. The summed E-state index contributed by atoms with van der Waals surface area (Å²) in [4.78, 5) is 8.20. The normalized spacial score (nSPS) is 41.2. The minimum Gasteiger partial charge on any atom is -0.307 e. The highest BCUT2D eigenvalue weighted by Crippen LogP contribution is 2.55. The van der Waals surface area contributed by atoms with Crippen LogP contribution < -0.4 is 5.32 Å². The molecule has 0 amide bonds. The van der Waals surface area contributed by atoms with Gasteiger partial charge in [0.15, 0.2) is 0 Å². The molecule has 3 nitrogen and oxygen atoms in total. The summed E-state index contributed by atoms with van der Waals surface area (Å²) in [5.41, 5.74) is 1.66. The van der Waals surface area contributed by atoms with Crippen LogP contribution in [-0.4, -0.2) is 15.5 Å². The van der Waals surface area contributed by atoms with Crippen molar-refractivity contribution in [3.05, 3.63) is 24.3 Å². The number of nitrogens with one attached hydrogen (secondary N) is 1. The molecule has 4 aliphatic carbocycles. The summed E-state index contributed by atoms with van der Waals surface area (Å²) in [6.45, 7) is 0.938. The molecular weight excluding hydrogens is 222 g/mol. The minimum atomic E-state index is 0.449. The summed E-state index contributed by atoms with van der Waals surface area (Å²) in [6, 6.07) is 0. The molecule has 4 aliphatic rings. The second-order valence-corrected chi connectivity index (χ2v) is 6.80. The van der Waals surface area contributed by atoms with Gasteiger partial charge in [0, 0.05) is 30.0 Å². The highest BCUT2D eigenvalue weighted by Gasteiger charge is 2.50. The Hall–Kier alpha value is -0.960. The fraction of sp³-hybridized carbons (Fsp3) is 0.733. The number of hydrogen-bond acceptors (Lipinski definition) is 3. The van der Waals surface area contributed by atoms with Gasteiger partial charge in [-0.3, -0.25) is 0 Å². The number of hydrogen-bond donors (Lipinski definition) is 1. The highest BCUT2D eigenvalue weighted by atomic mass is 15.0. The van der Waals surface area contributed by atoms with Gasteiger partial charge in [-0.2, -0.15) is 0 Å². The van der Waals surface area contributed by atoms with E-state index in [-0.39, 0.29) is 0 Å². The van der Waals surface area contributed by atoms with E-state index in [1.165, 1.54) is 44.1 Å². The van der Waals surface area contributed by atoms with Gasteiger partial charge in [0.05, 0.1) is 0 Å². The molecule has 0 saturated heterocycles. The van der Waals surface area contributed by atoms with Crippen molar-refractivity contribution < 1.29 is 0 Å². The van der Waals surface area contributed by atoms with Crippen molar-refractivity contribution >= 4 is 0 Å². The standard InChI is InChI=1S/C15H21N3/c1-11-2-13-3-12(1)5-15(4-11,6-13)18-9-14-7-16-10-17-8-14/h7-8,10-13,18H,1-6,9H2. The smallest absolute Gasteiger partial charge is 0.115 e. The molecule has 0 unspecified atom stereocenters. The van der Waals surface area contributed by atoms with Crippen molar-refractivity contribution in [1.82, 2.24) is 15.3 Å². The van der Waals surface area contributed by atoms with E-state index in [4.69, 9.17) is 0 Å². The van der Waals surface area contributed by atoms with Gasteiger partial charge >= 0.3 is 0 Å². The summed E-state index contributed by atoms with van der Waals surface area (Å²) < 4.78 is 0. The Kier molecular flexibility index (Phi) is 2.44. The van der Waals surface area contributed by atoms with Gasteiger partial charge in [0.2, 0.25) is 0 Å². The van der Waals surface area contributed by atoms with E-state index >= 15 is 0 Å². The zero-order chi connectivity index (χ0) is 12.0. The number of nitrogens with zero attached hydrogens (tertiary/aromatic N) is 2. The van der Waals surface area contributed by atoms with E-state index in [1.807, 2.05) is 12.4 Å². The predicted octanol–water partition coefficient (Wildman–Crippen LogP) is 2.54.